The molecule has 0 heterocycles. The van der Waals surface area contributed by atoms with Crippen molar-refractivity contribution < 1.29 is 9.90 Å². The number of aliphatic hydroxyl groups is 1. The van der Waals surface area contributed by atoms with Crippen LogP contribution in [0.5, 0.6) is 0 Å². The van der Waals surface area contributed by atoms with Gasteiger partial charge in [0, 0.05) is 17.8 Å². The van der Waals surface area contributed by atoms with E-state index in [1.165, 1.54) is 0 Å². The second-order valence-corrected chi connectivity index (χ2v) is 6.13. The highest BCUT2D eigenvalue weighted by molar-refractivity contribution is 5.96. The molecule has 4 heteroatoms. The first-order valence-electron chi connectivity index (χ1n) is 7.27. The largest absolute Gasteiger partial charge is 0.398 e. The van der Waals surface area contributed by atoms with Crippen molar-refractivity contribution in [2.75, 3.05) is 12.3 Å². The standard InChI is InChI=1S/C16H24N2O2/c1-11-5-4-8-16(20,9-11)10-18-15(19)13-6-3-7-14(17)12(13)2/h3,6-7,11,20H,4-5,8-10,17H2,1-2H3,(H,18,19). The van der Waals surface area contributed by atoms with Gasteiger partial charge in [0.2, 0.25) is 0 Å². The second-order valence-electron chi connectivity index (χ2n) is 6.13. The minimum Gasteiger partial charge on any atom is -0.398 e. The minimum atomic E-state index is -0.762. The summed E-state index contributed by atoms with van der Waals surface area (Å²) in [6.07, 6.45) is 3.69. The first kappa shape index (κ1) is 14.9. The molecule has 0 aliphatic heterocycles. The van der Waals surface area contributed by atoms with Gasteiger partial charge in [-0.25, -0.2) is 0 Å². The summed E-state index contributed by atoms with van der Waals surface area (Å²) in [5.41, 5.74) is 7.03. The molecule has 1 aromatic carbocycles. The summed E-state index contributed by atoms with van der Waals surface area (Å²) >= 11 is 0. The minimum absolute atomic E-state index is 0.165. The fourth-order valence-corrected chi connectivity index (χ4v) is 3.03. The maximum atomic E-state index is 12.2. The van der Waals surface area contributed by atoms with E-state index in [1.54, 1.807) is 18.2 Å². The summed E-state index contributed by atoms with van der Waals surface area (Å²) in [6, 6.07) is 5.31. The van der Waals surface area contributed by atoms with Crippen molar-refractivity contribution in [1.82, 2.24) is 5.32 Å². The van der Waals surface area contributed by atoms with Gasteiger partial charge >= 0.3 is 0 Å². The lowest BCUT2D eigenvalue weighted by Gasteiger charge is -2.35. The molecule has 2 unspecified atom stereocenters. The van der Waals surface area contributed by atoms with Crippen LogP contribution in [0.25, 0.3) is 0 Å². The number of benzene rings is 1. The summed E-state index contributed by atoms with van der Waals surface area (Å²) in [4.78, 5) is 12.2. The first-order chi connectivity index (χ1) is 9.41. The summed E-state index contributed by atoms with van der Waals surface area (Å²) in [6.45, 7) is 4.29. The molecule has 1 fully saturated rings. The van der Waals surface area contributed by atoms with E-state index >= 15 is 0 Å². The molecule has 0 bridgehead atoms. The van der Waals surface area contributed by atoms with E-state index in [2.05, 4.69) is 12.2 Å². The Morgan fingerprint density at radius 2 is 2.30 bits per heavy atom. The molecule has 4 N–H and O–H groups in total. The molecular formula is C16H24N2O2. The third-order valence-corrected chi connectivity index (χ3v) is 4.27. The maximum absolute atomic E-state index is 12.2. The Kier molecular flexibility index (Phi) is 4.33. The SMILES string of the molecule is Cc1c(N)cccc1C(=O)NCC1(O)CCCC(C)C1. The van der Waals surface area contributed by atoms with E-state index in [1.807, 2.05) is 6.92 Å². The number of hydrogen-bond acceptors (Lipinski definition) is 3. The molecule has 1 amide bonds. The third kappa shape index (κ3) is 3.31. The van der Waals surface area contributed by atoms with Crippen molar-refractivity contribution in [3.63, 3.8) is 0 Å². The molecule has 0 radical (unpaired) electrons. The van der Waals surface area contributed by atoms with Gasteiger partial charge in [0.25, 0.3) is 5.91 Å². The van der Waals surface area contributed by atoms with Gasteiger partial charge in [0.05, 0.1) is 5.60 Å². The Morgan fingerprint density at radius 3 is 3.00 bits per heavy atom. The topological polar surface area (TPSA) is 75.4 Å². The Hall–Kier alpha value is -1.55. The van der Waals surface area contributed by atoms with Gasteiger partial charge in [-0.2, -0.15) is 0 Å². The molecule has 0 aromatic heterocycles. The second kappa shape index (κ2) is 5.83. The van der Waals surface area contributed by atoms with E-state index in [9.17, 15) is 9.90 Å². The van der Waals surface area contributed by atoms with Crippen LogP contribution in [0.15, 0.2) is 18.2 Å². The van der Waals surface area contributed by atoms with Gasteiger partial charge in [0.15, 0.2) is 0 Å². The van der Waals surface area contributed by atoms with Crippen LogP contribution in [0, 0.1) is 12.8 Å². The van der Waals surface area contributed by atoms with Crippen molar-refractivity contribution in [2.24, 2.45) is 5.92 Å². The van der Waals surface area contributed by atoms with E-state index in [0.717, 1.165) is 31.2 Å². The quantitative estimate of drug-likeness (QED) is 0.741. The van der Waals surface area contributed by atoms with Crippen LogP contribution >= 0.6 is 0 Å². The maximum Gasteiger partial charge on any atom is 0.251 e. The normalized spacial score (nSPS) is 26.2. The first-order valence-corrected chi connectivity index (χ1v) is 7.27. The molecule has 0 spiro atoms. The molecule has 20 heavy (non-hydrogen) atoms. The number of nitrogen functional groups attached to an aromatic ring is 1. The average Bonchev–Trinajstić information content (AvgIpc) is 2.39. The Bertz CT molecular complexity index is 501. The Balaban J connectivity index is 2.00. The molecule has 1 saturated carbocycles. The van der Waals surface area contributed by atoms with E-state index in [-0.39, 0.29) is 5.91 Å². The number of nitrogens with one attached hydrogen (secondary N) is 1. The smallest absolute Gasteiger partial charge is 0.251 e. The van der Waals surface area contributed by atoms with Crippen molar-refractivity contribution >= 4 is 11.6 Å². The zero-order valence-electron chi connectivity index (χ0n) is 12.3. The predicted molar refractivity (Wildman–Crippen MR) is 80.5 cm³/mol. The van der Waals surface area contributed by atoms with Crippen molar-refractivity contribution in [3.8, 4) is 0 Å². The highest BCUT2D eigenvalue weighted by Crippen LogP contribution is 2.31. The van der Waals surface area contributed by atoms with Gasteiger partial charge in [-0.15, -0.1) is 0 Å². The number of amides is 1. The molecule has 2 atom stereocenters. The molecule has 4 nitrogen and oxygen atoms in total. The number of anilines is 1. The van der Waals surface area contributed by atoms with Crippen molar-refractivity contribution in [2.45, 2.75) is 45.1 Å². The lowest BCUT2D eigenvalue weighted by molar-refractivity contribution is -0.0109. The van der Waals surface area contributed by atoms with Gasteiger partial charge in [-0.1, -0.05) is 25.8 Å². The molecule has 2 rings (SSSR count). The highest BCUT2D eigenvalue weighted by Gasteiger charge is 2.33. The number of carbonyl (C=O) groups is 1. The molecule has 1 aliphatic carbocycles. The average molecular weight is 276 g/mol. The van der Waals surface area contributed by atoms with Crippen molar-refractivity contribution in [1.29, 1.82) is 0 Å². The van der Waals surface area contributed by atoms with Crippen molar-refractivity contribution in [3.05, 3.63) is 29.3 Å². The molecular weight excluding hydrogens is 252 g/mol. The molecule has 0 saturated heterocycles. The summed E-state index contributed by atoms with van der Waals surface area (Å²) < 4.78 is 0. The Labute approximate surface area is 120 Å². The van der Waals surface area contributed by atoms with Gasteiger partial charge in [0.1, 0.15) is 0 Å². The van der Waals surface area contributed by atoms with Gasteiger partial charge in [-0.05, 0) is 43.4 Å². The van der Waals surface area contributed by atoms with Gasteiger partial charge in [-0.3, -0.25) is 4.79 Å². The number of rotatable bonds is 3. The number of nitrogens with two attached hydrogens (primary N) is 1. The monoisotopic (exact) mass is 276 g/mol. The van der Waals surface area contributed by atoms with Gasteiger partial charge < -0.3 is 16.2 Å². The van der Waals surface area contributed by atoms with Crippen LogP contribution in [0.3, 0.4) is 0 Å². The van der Waals surface area contributed by atoms with Crippen LogP contribution in [0.1, 0.15) is 48.5 Å². The fourth-order valence-electron chi connectivity index (χ4n) is 3.03. The molecule has 110 valence electrons. The number of hydrogen-bond donors (Lipinski definition) is 3. The summed E-state index contributed by atoms with van der Waals surface area (Å²) in [7, 11) is 0. The molecule has 1 aliphatic rings. The fraction of sp³-hybridized carbons (Fsp3) is 0.562. The van der Waals surface area contributed by atoms with E-state index in [4.69, 9.17) is 5.73 Å². The van der Waals surface area contributed by atoms with E-state index < -0.39 is 5.60 Å². The lowest BCUT2D eigenvalue weighted by atomic mass is 9.79. The van der Waals surface area contributed by atoms with E-state index in [0.29, 0.717) is 23.7 Å². The van der Waals surface area contributed by atoms with Crippen LogP contribution < -0.4 is 11.1 Å². The predicted octanol–water partition coefficient (Wildman–Crippen LogP) is 2.25. The highest BCUT2D eigenvalue weighted by atomic mass is 16.3. The zero-order chi connectivity index (χ0) is 14.8. The molecule has 1 aromatic rings. The lowest BCUT2D eigenvalue weighted by Crippen LogP contribution is -2.45. The summed E-state index contributed by atoms with van der Waals surface area (Å²) in [5, 5.41) is 13.4. The summed E-state index contributed by atoms with van der Waals surface area (Å²) in [5.74, 6) is 0.348. The van der Waals surface area contributed by atoms with Crippen LogP contribution in [-0.4, -0.2) is 23.2 Å². The third-order valence-electron chi connectivity index (χ3n) is 4.27. The zero-order valence-corrected chi connectivity index (χ0v) is 12.3. The van der Waals surface area contributed by atoms with Crippen LogP contribution in [0.2, 0.25) is 0 Å². The number of carbonyl (C=O) groups excluding carboxylic acids is 1. The Morgan fingerprint density at radius 1 is 1.55 bits per heavy atom. The van der Waals surface area contributed by atoms with Crippen LogP contribution in [-0.2, 0) is 0 Å². The van der Waals surface area contributed by atoms with Crippen LogP contribution in [0.4, 0.5) is 5.69 Å².